The largest absolute Gasteiger partial charge is 0.491 e. The number of rotatable bonds is 8. The molecule has 0 unspecified atom stereocenters. The van der Waals surface area contributed by atoms with Crippen LogP contribution in [0.1, 0.15) is 27.3 Å². The van der Waals surface area contributed by atoms with Gasteiger partial charge >= 0.3 is 12.1 Å². The van der Waals surface area contributed by atoms with Crippen molar-refractivity contribution in [1.82, 2.24) is 14.5 Å². The Kier molecular flexibility index (Phi) is 9.16. The molecule has 0 bridgehead atoms. The number of carboxylic acids is 1. The number of aromatic carboxylic acids is 1. The molecule has 5 aromatic rings. The highest BCUT2D eigenvalue weighted by Crippen LogP contribution is 2.42. The van der Waals surface area contributed by atoms with E-state index < -0.39 is 23.3 Å². The third-order valence-electron chi connectivity index (χ3n) is 8.33. The second-order valence-electron chi connectivity index (χ2n) is 11.3. The van der Waals surface area contributed by atoms with Gasteiger partial charge in [0, 0.05) is 43.0 Å². The van der Waals surface area contributed by atoms with Crippen LogP contribution in [0.15, 0.2) is 77.7 Å². The summed E-state index contributed by atoms with van der Waals surface area (Å²) in [4.78, 5) is 37.6. The normalized spacial score (nSPS) is 13.4. The number of fused-ring (bicyclic) bond motifs is 1. The molecular weight excluding hydrogens is 661 g/mol. The molecule has 10 nitrogen and oxygen atoms in total. The van der Waals surface area contributed by atoms with E-state index in [4.69, 9.17) is 16.3 Å². The van der Waals surface area contributed by atoms with Crippen LogP contribution in [0.2, 0.25) is 5.02 Å². The van der Waals surface area contributed by atoms with Crippen molar-refractivity contribution in [2.75, 3.05) is 42.6 Å². The lowest BCUT2D eigenvalue weighted by Crippen LogP contribution is -2.47. The summed E-state index contributed by atoms with van der Waals surface area (Å²) >= 11 is 6.24. The van der Waals surface area contributed by atoms with E-state index in [0.717, 1.165) is 6.07 Å². The molecule has 0 radical (unpaired) electrons. The Balaban J connectivity index is 1.33. The van der Waals surface area contributed by atoms with E-state index >= 15 is 0 Å². The highest BCUT2D eigenvalue weighted by atomic mass is 35.5. The lowest BCUT2D eigenvalue weighted by molar-refractivity contribution is -0.137. The molecule has 14 heteroatoms. The van der Waals surface area contributed by atoms with Gasteiger partial charge in [-0.2, -0.15) is 18.4 Å². The van der Waals surface area contributed by atoms with E-state index in [-0.39, 0.29) is 59.8 Å². The number of nitriles is 1. The maximum absolute atomic E-state index is 14.5. The van der Waals surface area contributed by atoms with Crippen molar-refractivity contribution in [3.05, 3.63) is 111 Å². The van der Waals surface area contributed by atoms with E-state index in [9.17, 15) is 33.1 Å². The van der Waals surface area contributed by atoms with Crippen LogP contribution in [-0.2, 0) is 12.7 Å². The SMILES string of the molecule is Cc1nc2cc(C(F)(F)F)c(N3CCN(c4ccccn4)CC3)c(C#N)c2c(=O)n1CCOc1ccc(Cl)cc1-c1cccc(C(=O)O)c1. The first-order valence-electron chi connectivity index (χ1n) is 15.2. The topological polar surface area (TPSA) is 125 Å². The summed E-state index contributed by atoms with van der Waals surface area (Å²) in [6.07, 6.45) is -3.17. The highest BCUT2D eigenvalue weighted by molar-refractivity contribution is 6.31. The number of hydrogen-bond acceptors (Lipinski definition) is 8. The molecule has 1 aliphatic heterocycles. The number of aryl methyl sites for hydroxylation is 1. The fourth-order valence-corrected chi connectivity index (χ4v) is 6.19. The van der Waals surface area contributed by atoms with Gasteiger partial charge < -0.3 is 19.6 Å². The number of nitrogens with zero attached hydrogens (tertiary/aromatic N) is 6. The number of piperazine rings is 1. The van der Waals surface area contributed by atoms with Gasteiger partial charge in [0.05, 0.1) is 39.8 Å². The van der Waals surface area contributed by atoms with E-state index in [2.05, 4.69) is 9.97 Å². The van der Waals surface area contributed by atoms with Gasteiger partial charge in [0.2, 0.25) is 0 Å². The van der Waals surface area contributed by atoms with Gasteiger partial charge in [-0.05, 0) is 61.0 Å². The minimum atomic E-state index is -4.81. The fourth-order valence-electron chi connectivity index (χ4n) is 6.02. The van der Waals surface area contributed by atoms with Crippen LogP contribution >= 0.6 is 11.6 Å². The van der Waals surface area contributed by atoms with Gasteiger partial charge in [0.15, 0.2) is 0 Å². The van der Waals surface area contributed by atoms with E-state index in [1.54, 1.807) is 42.6 Å². The Morgan fingerprint density at radius 3 is 2.47 bits per heavy atom. The number of pyridine rings is 1. The summed E-state index contributed by atoms with van der Waals surface area (Å²) in [7, 11) is 0. The van der Waals surface area contributed by atoms with Crippen LogP contribution in [-0.4, -0.2) is 58.4 Å². The van der Waals surface area contributed by atoms with Crippen LogP contribution in [0, 0.1) is 18.3 Å². The predicted octanol–water partition coefficient (Wildman–Crippen LogP) is 6.41. The molecule has 2 aromatic heterocycles. The number of ether oxygens (including phenoxy) is 1. The average Bonchev–Trinajstić information content (AvgIpc) is 3.09. The highest BCUT2D eigenvalue weighted by Gasteiger charge is 2.39. The third-order valence-corrected chi connectivity index (χ3v) is 8.57. The van der Waals surface area contributed by atoms with Gasteiger partial charge in [-0.3, -0.25) is 9.36 Å². The number of halogens is 4. The fraction of sp³-hybridized carbons (Fsp3) is 0.229. The first kappa shape index (κ1) is 33.3. The monoisotopic (exact) mass is 688 g/mol. The van der Waals surface area contributed by atoms with Crippen molar-refractivity contribution in [2.24, 2.45) is 0 Å². The van der Waals surface area contributed by atoms with Gasteiger partial charge in [0.25, 0.3) is 5.56 Å². The van der Waals surface area contributed by atoms with E-state index in [1.807, 2.05) is 23.1 Å². The summed E-state index contributed by atoms with van der Waals surface area (Å²) in [5, 5.41) is 19.9. The van der Waals surface area contributed by atoms with Gasteiger partial charge in [-0.15, -0.1) is 0 Å². The molecular formula is C35H28ClF3N6O4. The zero-order valence-corrected chi connectivity index (χ0v) is 26.8. The number of carbonyl (C=O) groups is 1. The Hall–Kier alpha value is -5.61. The van der Waals surface area contributed by atoms with Crippen LogP contribution in [0.3, 0.4) is 0 Å². The zero-order chi connectivity index (χ0) is 34.9. The number of alkyl halides is 3. The molecule has 6 rings (SSSR count). The summed E-state index contributed by atoms with van der Waals surface area (Å²) < 4.78 is 50.9. The van der Waals surface area contributed by atoms with Crippen molar-refractivity contribution in [3.63, 3.8) is 0 Å². The van der Waals surface area contributed by atoms with Crippen LogP contribution in [0.25, 0.3) is 22.0 Å². The first-order chi connectivity index (χ1) is 23.5. The van der Waals surface area contributed by atoms with Crippen molar-refractivity contribution in [2.45, 2.75) is 19.6 Å². The number of benzene rings is 3. The molecule has 0 aliphatic carbocycles. The Bertz CT molecular complexity index is 2160. The van der Waals surface area contributed by atoms with Crippen molar-refractivity contribution in [1.29, 1.82) is 5.26 Å². The molecule has 1 saturated heterocycles. The van der Waals surface area contributed by atoms with Gasteiger partial charge in [-0.25, -0.2) is 14.8 Å². The molecule has 1 fully saturated rings. The number of carboxylic acid groups (broad SMARTS) is 1. The van der Waals surface area contributed by atoms with Crippen molar-refractivity contribution in [3.8, 4) is 22.9 Å². The quantitative estimate of drug-likeness (QED) is 0.197. The molecule has 0 atom stereocenters. The molecule has 250 valence electrons. The number of hydrogen-bond donors (Lipinski definition) is 1. The summed E-state index contributed by atoms with van der Waals surface area (Å²) in [6.45, 7) is 2.44. The zero-order valence-electron chi connectivity index (χ0n) is 26.0. The lowest BCUT2D eigenvalue weighted by Gasteiger charge is -2.38. The second-order valence-corrected chi connectivity index (χ2v) is 11.7. The number of anilines is 2. The van der Waals surface area contributed by atoms with E-state index in [0.29, 0.717) is 40.8 Å². The van der Waals surface area contributed by atoms with Crippen molar-refractivity contribution >= 4 is 40.0 Å². The standard InChI is InChI=1S/C35H28ClF3N6O4/c1-21-42-28-19-27(35(37,38)39)32(44-13-11-43(12-14-44)30-7-2-3-10-41-30)26(20-40)31(28)33(46)45(21)15-16-49-29-9-8-24(36)18-25(29)22-5-4-6-23(17-22)34(47)48/h2-10,17-19H,11-16H2,1H3,(H,47,48). The van der Waals surface area contributed by atoms with E-state index in [1.165, 1.54) is 28.5 Å². The molecule has 1 N–H and O–H groups in total. The second kappa shape index (κ2) is 13.5. The minimum absolute atomic E-state index is 0.0468. The van der Waals surface area contributed by atoms with Crippen LogP contribution < -0.4 is 20.1 Å². The molecule has 0 saturated carbocycles. The third kappa shape index (κ3) is 6.73. The number of aromatic nitrogens is 3. The molecule has 3 aromatic carbocycles. The summed E-state index contributed by atoms with van der Waals surface area (Å²) in [6, 6.07) is 19.3. The van der Waals surface area contributed by atoms with Gasteiger partial charge in [0.1, 0.15) is 30.1 Å². The molecule has 0 amide bonds. The summed E-state index contributed by atoms with van der Waals surface area (Å²) in [5.74, 6) is 0.104. The van der Waals surface area contributed by atoms with Gasteiger partial charge in [-0.1, -0.05) is 29.8 Å². The van der Waals surface area contributed by atoms with Crippen LogP contribution in [0.5, 0.6) is 5.75 Å². The average molecular weight is 689 g/mol. The smallest absolute Gasteiger partial charge is 0.418 e. The Morgan fingerprint density at radius 2 is 1.80 bits per heavy atom. The molecule has 1 aliphatic rings. The lowest BCUT2D eigenvalue weighted by atomic mass is 10.00. The Morgan fingerprint density at radius 1 is 1.04 bits per heavy atom. The summed E-state index contributed by atoms with van der Waals surface area (Å²) in [5.41, 5.74) is -1.51. The van der Waals surface area contributed by atoms with Crippen LogP contribution in [0.4, 0.5) is 24.7 Å². The van der Waals surface area contributed by atoms with Crippen molar-refractivity contribution < 1.29 is 27.8 Å². The maximum atomic E-state index is 14.5. The first-order valence-corrected chi connectivity index (χ1v) is 15.6. The maximum Gasteiger partial charge on any atom is 0.418 e. The molecule has 49 heavy (non-hydrogen) atoms. The molecule has 0 spiro atoms. The molecule has 3 heterocycles. The predicted molar refractivity (Wildman–Crippen MR) is 178 cm³/mol. The Labute approximate surface area is 283 Å². The minimum Gasteiger partial charge on any atom is -0.491 e.